The summed E-state index contributed by atoms with van der Waals surface area (Å²) in [5.74, 6) is 1.09. The van der Waals surface area contributed by atoms with Crippen LogP contribution >= 0.6 is 0 Å². The lowest BCUT2D eigenvalue weighted by Crippen LogP contribution is -2.38. The number of hydrogen-bond acceptors (Lipinski definition) is 5. The number of aryl methyl sites for hydroxylation is 1. The Morgan fingerprint density at radius 3 is 2.25 bits per heavy atom. The van der Waals surface area contributed by atoms with Crippen LogP contribution in [0.15, 0.2) is 36.4 Å². The molecule has 0 unspecified atom stereocenters. The highest BCUT2D eigenvalue weighted by molar-refractivity contribution is 5.67. The van der Waals surface area contributed by atoms with E-state index in [1.807, 2.05) is 20.8 Å². The van der Waals surface area contributed by atoms with E-state index in [1.165, 1.54) is 16.7 Å². The summed E-state index contributed by atoms with van der Waals surface area (Å²) in [6.45, 7) is 11.8. The van der Waals surface area contributed by atoms with Crippen LogP contribution < -0.4 is 4.90 Å². The normalized spacial score (nSPS) is 14.2. The van der Waals surface area contributed by atoms with Crippen LogP contribution in [0, 0.1) is 6.92 Å². The fourth-order valence-electron chi connectivity index (χ4n) is 3.97. The SMILES string of the molecule is Cc1ccc(CN(C)CCN(C)C(=O)OC(C)(C)C)c(N2CCc3ccccc3CC2)n1. The second-order valence-electron chi connectivity index (χ2n) is 9.83. The highest BCUT2D eigenvalue weighted by Gasteiger charge is 2.21. The van der Waals surface area contributed by atoms with Crippen molar-refractivity contribution in [2.45, 2.75) is 52.7 Å². The van der Waals surface area contributed by atoms with Crippen molar-refractivity contribution in [2.75, 3.05) is 45.2 Å². The summed E-state index contributed by atoms with van der Waals surface area (Å²) in [6.07, 6.45) is 1.80. The molecule has 0 N–H and O–H groups in total. The zero-order chi connectivity index (χ0) is 23.3. The van der Waals surface area contributed by atoms with Crippen molar-refractivity contribution in [3.05, 3.63) is 58.8 Å². The van der Waals surface area contributed by atoms with Crippen LogP contribution in [-0.2, 0) is 24.1 Å². The third kappa shape index (κ3) is 6.70. The largest absolute Gasteiger partial charge is 0.444 e. The number of carbonyl (C=O) groups excluding carboxylic acids is 1. The number of rotatable bonds is 6. The molecule has 0 fully saturated rings. The Bertz CT molecular complexity index is 895. The van der Waals surface area contributed by atoms with Crippen molar-refractivity contribution >= 4 is 11.9 Å². The lowest BCUT2D eigenvalue weighted by atomic mass is 10.0. The van der Waals surface area contributed by atoms with Crippen LogP contribution in [-0.4, -0.2) is 66.8 Å². The Morgan fingerprint density at radius 2 is 1.66 bits per heavy atom. The Morgan fingerprint density at radius 1 is 1.03 bits per heavy atom. The number of ether oxygens (including phenoxy) is 1. The van der Waals surface area contributed by atoms with Crippen molar-refractivity contribution in [1.82, 2.24) is 14.8 Å². The zero-order valence-electron chi connectivity index (χ0n) is 20.5. The van der Waals surface area contributed by atoms with Crippen molar-refractivity contribution in [2.24, 2.45) is 0 Å². The Labute approximate surface area is 193 Å². The van der Waals surface area contributed by atoms with E-state index in [0.717, 1.165) is 50.5 Å². The predicted molar refractivity (Wildman–Crippen MR) is 130 cm³/mol. The highest BCUT2D eigenvalue weighted by atomic mass is 16.6. The summed E-state index contributed by atoms with van der Waals surface area (Å²) in [7, 11) is 3.88. The molecule has 6 nitrogen and oxygen atoms in total. The number of pyridine rings is 1. The molecule has 32 heavy (non-hydrogen) atoms. The van der Waals surface area contributed by atoms with Gasteiger partial charge in [-0.2, -0.15) is 0 Å². The van der Waals surface area contributed by atoms with E-state index in [-0.39, 0.29) is 6.09 Å². The van der Waals surface area contributed by atoms with Gasteiger partial charge < -0.3 is 19.4 Å². The molecular weight excluding hydrogens is 400 g/mol. The molecule has 1 amide bonds. The number of anilines is 1. The standard InChI is InChI=1S/C26H38N4O2/c1-20-11-12-23(19-28(5)17-18-29(6)25(31)32-26(2,3)4)24(27-20)30-15-13-21-9-7-8-10-22(21)14-16-30/h7-12H,13-19H2,1-6H3. The number of nitrogens with zero attached hydrogens (tertiary/aromatic N) is 4. The molecular formula is C26H38N4O2. The summed E-state index contributed by atoms with van der Waals surface area (Å²) in [4.78, 5) is 23.5. The molecule has 1 aromatic carbocycles. The average Bonchev–Trinajstić information content (AvgIpc) is 2.95. The lowest BCUT2D eigenvalue weighted by molar-refractivity contribution is 0.0286. The summed E-state index contributed by atoms with van der Waals surface area (Å²) in [6, 6.07) is 13.1. The lowest BCUT2D eigenvalue weighted by Gasteiger charge is -2.28. The van der Waals surface area contributed by atoms with Crippen LogP contribution in [0.4, 0.5) is 10.6 Å². The van der Waals surface area contributed by atoms with Crippen molar-refractivity contribution in [1.29, 1.82) is 0 Å². The van der Waals surface area contributed by atoms with E-state index < -0.39 is 5.60 Å². The first-order valence-corrected chi connectivity index (χ1v) is 11.5. The number of amides is 1. The minimum Gasteiger partial charge on any atom is -0.444 e. The van der Waals surface area contributed by atoms with Crippen LogP contribution in [0.2, 0.25) is 0 Å². The molecule has 0 saturated carbocycles. The minimum absolute atomic E-state index is 0.285. The molecule has 0 aliphatic carbocycles. The fraction of sp³-hybridized carbons (Fsp3) is 0.538. The number of benzene rings is 1. The van der Waals surface area contributed by atoms with Gasteiger partial charge in [-0.25, -0.2) is 9.78 Å². The summed E-state index contributed by atoms with van der Waals surface area (Å²) in [5, 5.41) is 0. The van der Waals surface area contributed by atoms with Gasteiger partial charge in [-0.3, -0.25) is 0 Å². The molecule has 2 heterocycles. The Kier molecular flexibility index (Phi) is 7.77. The summed E-state index contributed by atoms with van der Waals surface area (Å²) >= 11 is 0. The van der Waals surface area contributed by atoms with E-state index in [0.29, 0.717) is 6.54 Å². The predicted octanol–water partition coefficient (Wildman–Crippen LogP) is 4.29. The smallest absolute Gasteiger partial charge is 0.410 e. The van der Waals surface area contributed by atoms with Crippen LogP contribution in [0.25, 0.3) is 0 Å². The van der Waals surface area contributed by atoms with Gasteiger partial charge in [0.2, 0.25) is 0 Å². The zero-order valence-corrected chi connectivity index (χ0v) is 20.5. The van der Waals surface area contributed by atoms with Crippen LogP contribution in [0.5, 0.6) is 0 Å². The van der Waals surface area contributed by atoms with Gasteiger partial charge in [-0.1, -0.05) is 30.3 Å². The van der Waals surface area contributed by atoms with Gasteiger partial charge in [0.15, 0.2) is 0 Å². The highest BCUT2D eigenvalue weighted by Crippen LogP contribution is 2.24. The molecule has 2 aromatic rings. The minimum atomic E-state index is -0.480. The fourth-order valence-corrected chi connectivity index (χ4v) is 3.97. The Hall–Kier alpha value is -2.60. The molecule has 1 aromatic heterocycles. The summed E-state index contributed by atoms with van der Waals surface area (Å²) < 4.78 is 5.45. The molecule has 0 atom stereocenters. The third-order valence-corrected chi connectivity index (χ3v) is 5.78. The number of likely N-dealkylation sites (N-methyl/N-ethyl adjacent to an activating group) is 2. The maximum absolute atomic E-state index is 12.2. The summed E-state index contributed by atoms with van der Waals surface area (Å²) in [5.41, 5.74) is 4.69. The molecule has 1 aliphatic rings. The molecule has 0 radical (unpaired) electrons. The molecule has 0 spiro atoms. The second kappa shape index (κ2) is 10.3. The van der Waals surface area contributed by atoms with Gasteiger partial charge in [0.25, 0.3) is 0 Å². The molecule has 1 aliphatic heterocycles. The van der Waals surface area contributed by atoms with E-state index in [2.05, 4.69) is 60.2 Å². The average molecular weight is 439 g/mol. The number of aromatic nitrogens is 1. The monoisotopic (exact) mass is 438 g/mol. The molecule has 174 valence electrons. The molecule has 0 bridgehead atoms. The van der Waals surface area contributed by atoms with E-state index in [9.17, 15) is 4.79 Å². The van der Waals surface area contributed by atoms with Gasteiger partial charge in [-0.05, 0) is 64.8 Å². The topological polar surface area (TPSA) is 48.9 Å². The maximum Gasteiger partial charge on any atom is 0.410 e. The van der Waals surface area contributed by atoms with Crippen molar-refractivity contribution in [3.8, 4) is 0 Å². The van der Waals surface area contributed by atoms with E-state index >= 15 is 0 Å². The molecule has 6 heteroatoms. The third-order valence-electron chi connectivity index (χ3n) is 5.78. The van der Waals surface area contributed by atoms with E-state index in [4.69, 9.17) is 9.72 Å². The van der Waals surface area contributed by atoms with Gasteiger partial charge in [-0.15, -0.1) is 0 Å². The number of carbonyl (C=O) groups is 1. The van der Waals surface area contributed by atoms with Crippen molar-refractivity contribution < 1.29 is 9.53 Å². The number of fused-ring (bicyclic) bond motifs is 1. The van der Waals surface area contributed by atoms with Gasteiger partial charge in [0.1, 0.15) is 11.4 Å². The first-order chi connectivity index (χ1) is 15.1. The van der Waals surface area contributed by atoms with Gasteiger partial charge in [0.05, 0.1) is 0 Å². The van der Waals surface area contributed by atoms with Crippen LogP contribution in [0.1, 0.15) is 43.2 Å². The first-order valence-electron chi connectivity index (χ1n) is 11.5. The van der Waals surface area contributed by atoms with Crippen molar-refractivity contribution in [3.63, 3.8) is 0 Å². The molecule has 3 rings (SSSR count). The quantitative estimate of drug-likeness (QED) is 0.673. The maximum atomic E-state index is 12.2. The second-order valence-corrected chi connectivity index (χ2v) is 9.83. The van der Waals surface area contributed by atoms with E-state index in [1.54, 1.807) is 11.9 Å². The van der Waals surface area contributed by atoms with Gasteiger partial charge >= 0.3 is 6.09 Å². The number of hydrogen-bond donors (Lipinski definition) is 0. The van der Waals surface area contributed by atoms with Crippen LogP contribution in [0.3, 0.4) is 0 Å². The van der Waals surface area contributed by atoms with Gasteiger partial charge in [0, 0.05) is 51.0 Å². The molecule has 0 saturated heterocycles. The Balaban J connectivity index is 1.63. The first kappa shape index (κ1) is 24.1.